The summed E-state index contributed by atoms with van der Waals surface area (Å²) >= 11 is 0. The van der Waals surface area contributed by atoms with E-state index >= 15 is 0 Å². The van der Waals surface area contributed by atoms with E-state index in [1.807, 2.05) is 19.1 Å². The molecular formula is C23H28F3NO3. The minimum Gasteiger partial charge on any atom is -0.496 e. The van der Waals surface area contributed by atoms with Gasteiger partial charge in [-0.2, -0.15) is 13.2 Å². The third-order valence-corrected chi connectivity index (χ3v) is 5.65. The van der Waals surface area contributed by atoms with Crippen LogP contribution < -0.4 is 4.74 Å². The van der Waals surface area contributed by atoms with E-state index in [4.69, 9.17) is 9.47 Å². The fraction of sp³-hybridized carbons (Fsp3) is 0.478. The van der Waals surface area contributed by atoms with Crippen LogP contribution in [0.1, 0.15) is 42.0 Å². The number of halogens is 3. The van der Waals surface area contributed by atoms with Gasteiger partial charge in [-0.3, -0.25) is 4.90 Å². The van der Waals surface area contributed by atoms with Crippen LogP contribution in [0.25, 0.3) is 0 Å². The summed E-state index contributed by atoms with van der Waals surface area (Å²) in [5.41, 5.74) is 0.870. The van der Waals surface area contributed by atoms with Crippen LogP contribution in [0, 0.1) is 0 Å². The maximum atomic E-state index is 12.8. The molecule has 3 rings (SSSR count). The monoisotopic (exact) mass is 423 g/mol. The lowest BCUT2D eigenvalue weighted by molar-refractivity contribution is -0.137. The van der Waals surface area contributed by atoms with Crippen molar-refractivity contribution in [2.75, 3.05) is 26.8 Å². The van der Waals surface area contributed by atoms with Crippen molar-refractivity contribution in [1.29, 1.82) is 0 Å². The van der Waals surface area contributed by atoms with Crippen LogP contribution in [-0.2, 0) is 29.7 Å². The normalized spacial score (nSPS) is 17.1. The van der Waals surface area contributed by atoms with Crippen LogP contribution in [0.5, 0.6) is 5.75 Å². The number of aliphatic hydroxyl groups is 1. The van der Waals surface area contributed by atoms with Crippen LogP contribution in [0.15, 0.2) is 42.5 Å². The third kappa shape index (κ3) is 5.33. The van der Waals surface area contributed by atoms with Crippen LogP contribution >= 0.6 is 0 Å². The molecule has 1 aliphatic heterocycles. The predicted molar refractivity (Wildman–Crippen MR) is 108 cm³/mol. The van der Waals surface area contributed by atoms with Gasteiger partial charge in [0.05, 0.1) is 24.9 Å². The van der Waals surface area contributed by atoms with Gasteiger partial charge in [-0.05, 0) is 55.2 Å². The number of likely N-dealkylation sites (tertiary alicyclic amines) is 1. The highest BCUT2D eigenvalue weighted by Crippen LogP contribution is 2.36. The number of alkyl halides is 3. The predicted octanol–water partition coefficient (Wildman–Crippen LogP) is 4.73. The first-order valence-electron chi connectivity index (χ1n) is 10.1. The molecule has 0 spiro atoms. The molecule has 7 heteroatoms. The molecule has 1 fully saturated rings. The van der Waals surface area contributed by atoms with Gasteiger partial charge in [-0.25, -0.2) is 0 Å². The minimum absolute atomic E-state index is 0.473. The molecule has 0 amide bonds. The van der Waals surface area contributed by atoms with Crippen LogP contribution in [-0.4, -0.2) is 36.8 Å². The van der Waals surface area contributed by atoms with Gasteiger partial charge in [-0.15, -0.1) is 0 Å². The second-order valence-corrected chi connectivity index (χ2v) is 7.67. The fourth-order valence-corrected chi connectivity index (χ4v) is 3.85. The Bertz CT molecular complexity index is 829. The smallest absolute Gasteiger partial charge is 0.416 e. The van der Waals surface area contributed by atoms with Gasteiger partial charge in [0.15, 0.2) is 0 Å². The van der Waals surface area contributed by atoms with Crippen molar-refractivity contribution in [3.8, 4) is 5.75 Å². The number of ether oxygens (including phenoxy) is 2. The highest BCUT2D eigenvalue weighted by Gasteiger charge is 2.35. The fourth-order valence-electron chi connectivity index (χ4n) is 3.85. The van der Waals surface area contributed by atoms with Crippen molar-refractivity contribution in [1.82, 2.24) is 4.90 Å². The lowest BCUT2D eigenvalue weighted by Gasteiger charge is -2.38. The molecule has 0 radical (unpaired) electrons. The van der Waals surface area contributed by atoms with Gasteiger partial charge in [0.2, 0.25) is 0 Å². The Morgan fingerprint density at radius 2 is 1.73 bits per heavy atom. The summed E-state index contributed by atoms with van der Waals surface area (Å²) in [6.07, 6.45) is -3.43. The molecule has 164 valence electrons. The molecule has 2 aromatic carbocycles. The molecule has 1 N–H and O–H groups in total. The molecule has 30 heavy (non-hydrogen) atoms. The highest BCUT2D eigenvalue weighted by molar-refractivity contribution is 5.37. The van der Waals surface area contributed by atoms with E-state index in [0.717, 1.165) is 35.6 Å². The zero-order valence-corrected chi connectivity index (χ0v) is 17.3. The number of nitrogens with zero attached hydrogens (tertiary/aromatic N) is 1. The number of hydrogen-bond donors (Lipinski definition) is 1. The number of piperidine rings is 1. The molecule has 0 aromatic heterocycles. The lowest BCUT2D eigenvalue weighted by atomic mass is 9.84. The third-order valence-electron chi connectivity index (χ3n) is 5.65. The maximum absolute atomic E-state index is 12.8. The molecular weight excluding hydrogens is 395 g/mol. The van der Waals surface area contributed by atoms with E-state index in [1.54, 1.807) is 7.11 Å². The molecule has 2 aromatic rings. The number of rotatable bonds is 7. The van der Waals surface area contributed by atoms with E-state index in [9.17, 15) is 18.3 Å². The van der Waals surface area contributed by atoms with Gasteiger partial charge in [0.25, 0.3) is 0 Å². The average Bonchev–Trinajstić information content (AvgIpc) is 2.73. The van der Waals surface area contributed by atoms with Crippen molar-refractivity contribution in [3.63, 3.8) is 0 Å². The van der Waals surface area contributed by atoms with Crippen molar-refractivity contribution < 1.29 is 27.8 Å². The van der Waals surface area contributed by atoms with Crippen LogP contribution in [0.4, 0.5) is 13.2 Å². The second-order valence-electron chi connectivity index (χ2n) is 7.67. The Balaban J connectivity index is 1.62. The summed E-state index contributed by atoms with van der Waals surface area (Å²) in [6, 6.07) is 10.9. The Morgan fingerprint density at radius 3 is 2.30 bits per heavy atom. The molecule has 4 nitrogen and oxygen atoms in total. The largest absolute Gasteiger partial charge is 0.496 e. The van der Waals surface area contributed by atoms with Crippen molar-refractivity contribution in [2.24, 2.45) is 0 Å². The molecule has 0 bridgehead atoms. The lowest BCUT2D eigenvalue weighted by Crippen LogP contribution is -2.42. The first-order valence-corrected chi connectivity index (χ1v) is 10.1. The number of methoxy groups -OCH3 is 1. The standard InChI is InChI=1S/C23H28F3NO3/c1-3-30-16-18-14-17(4-9-21(18)29-2)15-27-12-10-22(28,11-13-27)19-5-7-20(8-6-19)23(24,25)26/h4-9,14,28H,3,10-13,15-16H2,1-2H3. The SMILES string of the molecule is CCOCc1cc(CN2CCC(O)(c3ccc(C(F)(F)F)cc3)CC2)ccc1OC. The van der Waals surface area contributed by atoms with Gasteiger partial charge in [0, 0.05) is 31.8 Å². The van der Waals surface area contributed by atoms with Gasteiger partial charge >= 0.3 is 6.18 Å². The Labute approximate surface area is 175 Å². The van der Waals surface area contributed by atoms with E-state index < -0.39 is 17.3 Å². The van der Waals surface area contributed by atoms with Crippen LogP contribution in [0.3, 0.4) is 0 Å². The summed E-state index contributed by atoms with van der Waals surface area (Å²) < 4.78 is 49.2. The van der Waals surface area contributed by atoms with E-state index in [-0.39, 0.29) is 0 Å². The van der Waals surface area contributed by atoms with Gasteiger partial charge in [-0.1, -0.05) is 18.2 Å². The van der Waals surface area contributed by atoms with Gasteiger partial charge in [0.1, 0.15) is 5.75 Å². The van der Waals surface area contributed by atoms with E-state index in [0.29, 0.717) is 44.7 Å². The second kappa shape index (κ2) is 9.37. The first kappa shape index (κ1) is 22.6. The van der Waals surface area contributed by atoms with E-state index in [2.05, 4.69) is 11.0 Å². The number of benzene rings is 2. The first-order chi connectivity index (χ1) is 14.2. The molecule has 1 saturated heterocycles. The summed E-state index contributed by atoms with van der Waals surface area (Å²) in [7, 11) is 1.64. The molecule has 0 unspecified atom stereocenters. The maximum Gasteiger partial charge on any atom is 0.416 e. The summed E-state index contributed by atoms with van der Waals surface area (Å²) in [4.78, 5) is 2.24. The molecule has 1 heterocycles. The summed E-state index contributed by atoms with van der Waals surface area (Å²) in [5.74, 6) is 0.794. The van der Waals surface area contributed by atoms with Crippen molar-refractivity contribution in [2.45, 2.75) is 44.7 Å². The topological polar surface area (TPSA) is 41.9 Å². The highest BCUT2D eigenvalue weighted by atomic mass is 19.4. The Kier molecular flexibility index (Phi) is 7.06. The molecule has 0 saturated carbocycles. The zero-order valence-electron chi connectivity index (χ0n) is 17.3. The van der Waals surface area contributed by atoms with E-state index in [1.165, 1.54) is 12.1 Å². The summed E-state index contributed by atoms with van der Waals surface area (Å²) in [6.45, 7) is 5.10. The average molecular weight is 423 g/mol. The zero-order chi connectivity index (χ0) is 21.8. The van der Waals surface area contributed by atoms with Gasteiger partial charge < -0.3 is 14.6 Å². The molecule has 0 atom stereocenters. The number of hydrogen-bond acceptors (Lipinski definition) is 4. The Hall–Kier alpha value is -2.09. The Morgan fingerprint density at radius 1 is 1.07 bits per heavy atom. The quantitative estimate of drug-likeness (QED) is 0.699. The molecule has 0 aliphatic carbocycles. The van der Waals surface area contributed by atoms with Crippen molar-refractivity contribution >= 4 is 0 Å². The van der Waals surface area contributed by atoms with Crippen LogP contribution in [0.2, 0.25) is 0 Å². The summed E-state index contributed by atoms with van der Waals surface area (Å²) in [5, 5.41) is 11.0. The van der Waals surface area contributed by atoms with Crippen molar-refractivity contribution in [3.05, 3.63) is 64.7 Å². The minimum atomic E-state index is -4.37. The molecule has 1 aliphatic rings.